The lowest BCUT2D eigenvalue weighted by Gasteiger charge is -2.09. The van der Waals surface area contributed by atoms with E-state index in [2.05, 4.69) is 0 Å². The molecule has 0 spiro atoms. The van der Waals surface area contributed by atoms with Crippen LogP contribution < -0.4 is 19.9 Å². The Kier molecular flexibility index (Phi) is 7.57. The summed E-state index contributed by atoms with van der Waals surface area (Å²) in [6, 6.07) is 13.6. The van der Waals surface area contributed by atoms with Crippen LogP contribution in [0.15, 0.2) is 54.1 Å². The van der Waals surface area contributed by atoms with Crippen molar-refractivity contribution in [3.05, 3.63) is 65.2 Å². The summed E-state index contributed by atoms with van der Waals surface area (Å²) in [4.78, 5) is 23.4. The van der Waals surface area contributed by atoms with Crippen molar-refractivity contribution in [2.45, 2.75) is 6.92 Å². The SMILES string of the molecule is CCOc1ccccc1/C=C/C(=O)Oc1ccc(/C=C(\C#N)C(N)=O)cc1OC. The van der Waals surface area contributed by atoms with Crippen LogP contribution in [0.4, 0.5) is 0 Å². The average Bonchev–Trinajstić information content (AvgIpc) is 2.72. The molecule has 148 valence electrons. The zero-order valence-corrected chi connectivity index (χ0v) is 16.0. The van der Waals surface area contributed by atoms with Crippen molar-refractivity contribution in [1.29, 1.82) is 5.26 Å². The van der Waals surface area contributed by atoms with Gasteiger partial charge in [0.15, 0.2) is 11.5 Å². The number of carbonyl (C=O) groups excluding carboxylic acids is 2. The van der Waals surface area contributed by atoms with Gasteiger partial charge in [-0.1, -0.05) is 24.3 Å². The summed E-state index contributed by atoms with van der Waals surface area (Å²) < 4.78 is 16.1. The van der Waals surface area contributed by atoms with Crippen molar-refractivity contribution >= 4 is 24.0 Å². The Morgan fingerprint density at radius 2 is 1.90 bits per heavy atom. The minimum Gasteiger partial charge on any atom is -0.493 e. The molecule has 0 heterocycles. The summed E-state index contributed by atoms with van der Waals surface area (Å²) in [7, 11) is 1.41. The van der Waals surface area contributed by atoms with Gasteiger partial charge in [-0.15, -0.1) is 0 Å². The summed E-state index contributed by atoms with van der Waals surface area (Å²) in [5.74, 6) is -0.324. The van der Waals surface area contributed by atoms with Crippen LogP contribution in [0.1, 0.15) is 18.1 Å². The number of nitrogens with zero attached hydrogens (tertiary/aromatic N) is 1. The van der Waals surface area contributed by atoms with E-state index in [4.69, 9.17) is 25.2 Å². The van der Waals surface area contributed by atoms with E-state index in [0.717, 1.165) is 5.56 Å². The van der Waals surface area contributed by atoms with Gasteiger partial charge in [0.1, 0.15) is 17.4 Å². The van der Waals surface area contributed by atoms with E-state index in [-0.39, 0.29) is 17.1 Å². The van der Waals surface area contributed by atoms with Crippen LogP contribution >= 0.6 is 0 Å². The summed E-state index contributed by atoms with van der Waals surface area (Å²) in [5, 5.41) is 8.93. The molecule has 2 rings (SSSR count). The lowest BCUT2D eigenvalue weighted by molar-refractivity contribution is -0.129. The Labute approximate surface area is 168 Å². The molecule has 0 unspecified atom stereocenters. The van der Waals surface area contributed by atoms with Gasteiger partial charge in [0, 0.05) is 11.6 Å². The molecule has 0 saturated heterocycles. The molecule has 7 heteroatoms. The number of primary amides is 1. The quantitative estimate of drug-likeness (QED) is 0.320. The Bertz CT molecular complexity index is 1000. The van der Waals surface area contributed by atoms with E-state index in [1.807, 2.05) is 31.2 Å². The molecule has 0 bridgehead atoms. The summed E-state index contributed by atoms with van der Waals surface area (Å²) in [6.07, 6.45) is 4.20. The monoisotopic (exact) mass is 392 g/mol. The summed E-state index contributed by atoms with van der Waals surface area (Å²) in [6.45, 7) is 2.39. The van der Waals surface area contributed by atoms with Crippen molar-refractivity contribution in [3.63, 3.8) is 0 Å². The van der Waals surface area contributed by atoms with Crippen LogP contribution in [0.5, 0.6) is 17.2 Å². The zero-order chi connectivity index (χ0) is 21.2. The van der Waals surface area contributed by atoms with Gasteiger partial charge in [-0.05, 0) is 42.8 Å². The van der Waals surface area contributed by atoms with Gasteiger partial charge in [0.05, 0.1) is 13.7 Å². The number of para-hydroxylation sites is 1. The molecule has 0 aromatic heterocycles. The predicted molar refractivity (Wildman–Crippen MR) is 108 cm³/mol. The Morgan fingerprint density at radius 1 is 1.14 bits per heavy atom. The number of carbonyl (C=O) groups is 2. The van der Waals surface area contributed by atoms with Gasteiger partial charge >= 0.3 is 5.97 Å². The molecule has 0 aliphatic rings. The number of esters is 1. The second-order valence-corrected chi connectivity index (χ2v) is 5.67. The summed E-state index contributed by atoms with van der Waals surface area (Å²) in [5.41, 5.74) is 6.17. The maximum atomic E-state index is 12.2. The molecule has 0 aliphatic heterocycles. The molecular weight excluding hydrogens is 372 g/mol. The van der Waals surface area contributed by atoms with Crippen molar-refractivity contribution in [2.75, 3.05) is 13.7 Å². The lowest BCUT2D eigenvalue weighted by atomic mass is 10.1. The highest BCUT2D eigenvalue weighted by Crippen LogP contribution is 2.29. The second-order valence-electron chi connectivity index (χ2n) is 5.67. The number of benzene rings is 2. The highest BCUT2D eigenvalue weighted by molar-refractivity contribution is 6.00. The lowest BCUT2D eigenvalue weighted by Crippen LogP contribution is -2.12. The molecule has 0 fully saturated rings. The first-order valence-corrected chi connectivity index (χ1v) is 8.69. The van der Waals surface area contributed by atoms with Crippen LogP contribution in [0.2, 0.25) is 0 Å². The number of methoxy groups -OCH3 is 1. The van der Waals surface area contributed by atoms with Crippen LogP contribution in [0.25, 0.3) is 12.2 Å². The number of hydrogen-bond acceptors (Lipinski definition) is 6. The molecule has 2 N–H and O–H groups in total. The standard InChI is InChI=1S/C22H20N2O5/c1-3-28-18-7-5-4-6-16(18)9-11-21(25)29-19-10-8-15(13-20(19)27-2)12-17(14-23)22(24)26/h4-13H,3H2,1-2H3,(H2,24,26)/b11-9+,17-12+. The van der Waals surface area contributed by atoms with E-state index < -0.39 is 11.9 Å². The number of amides is 1. The molecule has 0 radical (unpaired) electrons. The first-order valence-electron chi connectivity index (χ1n) is 8.69. The largest absolute Gasteiger partial charge is 0.493 e. The molecule has 2 aromatic carbocycles. The van der Waals surface area contributed by atoms with E-state index in [9.17, 15) is 9.59 Å². The Balaban J connectivity index is 2.18. The fraction of sp³-hybridized carbons (Fsp3) is 0.136. The third-order valence-electron chi connectivity index (χ3n) is 3.71. The van der Waals surface area contributed by atoms with Gasteiger partial charge in [0.2, 0.25) is 0 Å². The highest BCUT2D eigenvalue weighted by atomic mass is 16.6. The Morgan fingerprint density at radius 3 is 2.55 bits per heavy atom. The van der Waals surface area contributed by atoms with Crippen LogP contribution in [0, 0.1) is 11.3 Å². The maximum Gasteiger partial charge on any atom is 0.336 e. The number of ether oxygens (including phenoxy) is 3. The smallest absolute Gasteiger partial charge is 0.336 e. The molecule has 1 amide bonds. The number of hydrogen-bond donors (Lipinski definition) is 1. The van der Waals surface area contributed by atoms with Crippen LogP contribution in [0.3, 0.4) is 0 Å². The molecule has 7 nitrogen and oxygen atoms in total. The third kappa shape index (κ3) is 5.97. The maximum absolute atomic E-state index is 12.2. The number of nitriles is 1. The molecule has 0 atom stereocenters. The molecule has 2 aromatic rings. The van der Waals surface area contributed by atoms with Crippen LogP contribution in [-0.2, 0) is 9.59 Å². The van der Waals surface area contributed by atoms with Gasteiger partial charge < -0.3 is 19.9 Å². The van der Waals surface area contributed by atoms with Gasteiger partial charge in [-0.2, -0.15) is 5.26 Å². The average molecular weight is 392 g/mol. The highest BCUT2D eigenvalue weighted by Gasteiger charge is 2.10. The van der Waals surface area contributed by atoms with E-state index in [0.29, 0.717) is 17.9 Å². The van der Waals surface area contributed by atoms with Gasteiger partial charge in [-0.25, -0.2) is 4.79 Å². The molecule has 0 aliphatic carbocycles. The van der Waals surface area contributed by atoms with Crippen molar-refractivity contribution in [2.24, 2.45) is 5.73 Å². The first-order chi connectivity index (χ1) is 14.0. The fourth-order valence-electron chi connectivity index (χ4n) is 2.39. The first kappa shape index (κ1) is 21.3. The van der Waals surface area contributed by atoms with Gasteiger partial charge in [0.25, 0.3) is 5.91 Å². The van der Waals surface area contributed by atoms with Crippen molar-refractivity contribution in [3.8, 4) is 23.3 Å². The minimum atomic E-state index is -0.834. The van der Waals surface area contributed by atoms with Crippen LogP contribution in [-0.4, -0.2) is 25.6 Å². The normalized spacial score (nSPS) is 11.0. The van der Waals surface area contributed by atoms with Gasteiger partial charge in [-0.3, -0.25) is 4.79 Å². The van der Waals surface area contributed by atoms with E-state index in [1.54, 1.807) is 18.2 Å². The second kappa shape index (κ2) is 10.3. The predicted octanol–water partition coefficient (Wildman–Crippen LogP) is 3.10. The molecule has 29 heavy (non-hydrogen) atoms. The molecular formula is C22H20N2O5. The van der Waals surface area contributed by atoms with Crippen molar-refractivity contribution < 1.29 is 23.8 Å². The molecule has 0 saturated carbocycles. The summed E-state index contributed by atoms with van der Waals surface area (Å²) >= 11 is 0. The third-order valence-corrected chi connectivity index (χ3v) is 3.71. The van der Waals surface area contributed by atoms with E-state index >= 15 is 0 Å². The number of rotatable bonds is 8. The Hall–Kier alpha value is -4.05. The zero-order valence-electron chi connectivity index (χ0n) is 16.0. The minimum absolute atomic E-state index is 0.190. The van der Waals surface area contributed by atoms with Crippen molar-refractivity contribution in [1.82, 2.24) is 0 Å². The van der Waals surface area contributed by atoms with E-state index in [1.165, 1.54) is 31.4 Å². The fourth-order valence-corrected chi connectivity index (χ4v) is 2.39. The topological polar surface area (TPSA) is 112 Å². The number of nitrogens with two attached hydrogens (primary N) is 1.